The SMILES string of the molecule is CN=C(NCC1(N2CCCCC2)CCN(C)CC1)NC1CN(C(C)C)CC1C. The molecule has 2 N–H and O–H groups in total. The number of nitrogens with zero attached hydrogens (tertiary/aromatic N) is 4. The van der Waals surface area contributed by atoms with Gasteiger partial charge in [0.05, 0.1) is 0 Å². The van der Waals surface area contributed by atoms with Gasteiger partial charge in [-0.05, 0) is 78.7 Å². The van der Waals surface area contributed by atoms with Crippen LogP contribution in [0.3, 0.4) is 0 Å². The van der Waals surface area contributed by atoms with Crippen LogP contribution in [-0.4, -0.2) is 98.2 Å². The molecule has 3 rings (SSSR count). The first kappa shape index (κ1) is 21.8. The molecule has 3 fully saturated rings. The molecule has 0 aliphatic carbocycles. The standard InChI is InChI=1S/C22H44N6/c1-18(2)27-15-19(3)20(16-27)25-21(23-4)24-17-22(9-13-26(5)14-10-22)28-11-7-6-8-12-28/h18-20H,6-17H2,1-5H3,(H2,23,24,25). The van der Waals surface area contributed by atoms with Gasteiger partial charge in [-0.3, -0.25) is 14.8 Å². The summed E-state index contributed by atoms with van der Waals surface area (Å²) >= 11 is 0. The molecule has 0 radical (unpaired) electrons. The van der Waals surface area contributed by atoms with E-state index in [9.17, 15) is 0 Å². The van der Waals surface area contributed by atoms with Gasteiger partial charge in [0.2, 0.25) is 0 Å². The van der Waals surface area contributed by atoms with Crippen molar-refractivity contribution in [3.8, 4) is 0 Å². The Balaban J connectivity index is 1.60. The van der Waals surface area contributed by atoms with Crippen LogP contribution in [0.2, 0.25) is 0 Å². The fourth-order valence-electron chi connectivity index (χ4n) is 5.24. The molecule has 0 aromatic rings. The van der Waals surface area contributed by atoms with Gasteiger partial charge in [-0.1, -0.05) is 13.3 Å². The zero-order chi connectivity index (χ0) is 20.1. The molecular formula is C22H44N6. The van der Waals surface area contributed by atoms with Crippen LogP contribution in [0.15, 0.2) is 4.99 Å². The number of aliphatic imine (C=N–C) groups is 1. The lowest BCUT2D eigenvalue weighted by Gasteiger charge is -2.50. The minimum absolute atomic E-state index is 0.288. The van der Waals surface area contributed by atoms with Crippen LogP contribution in [0.4, 0.5) is 0 Å². The van der Waals surface area contributed by atoms with Crippen LogP contribution in [0.5, 0.6) is 0 Å². The first-order chi connectivity index (χ1) is 13.4. The van der Waals surface area contributed by atoms with Crippen LogP contribution in [-0.2, 0) is 0 Å². The van der Waals surface area contributed by atoms with E-state index >= 15 is 0 Å². The third-order valence-electron chi connectivity index (χ3n) is 7.45. The van der Waals surface area contributed by atoms with E-state index in [1.165, 1.54) is 64.8 Å². The molecule has 0 saturated carbocycles. The first-order valence-corrected chi connectivity index (χ1v) is 11.6. The van der Waals surface area contributed by atoms with Crippen LogP contribution in [0.1, 0.15) is 52.9 Å². The van der Waals surface area contributed by atoms with E-state index in [0.29, 0.717) is 18.0 Å². The van der Waals surface area contributed by atoms with Gasteiger partial charge >= 0.3 is 0 Å². The summed E-state index contributed by atoms with van der Waals surface area (Å²) < 4.78 is 0. The molecule has 3 saturated heterocycles. The van der Waals surface area contributed by atoms with Crippen molar-refractivity contribution in [3.05, 3.63) is 0 Å². The quantitative estimate of drug-likeness (QED) is 0.552. The minimum Gasteiger partial charge on any atom is -0.355 e. The van der Waals surface area contributed by atoms with E-state index < -0.39 is 0 Å². The predicted molar refractivity (Wildman–Crippen MR) is 119 cm³/mol. The lowest BCUT2D eigenvalue weighted by molar-refractivity contribution is 0.0173. The zero-order valence-corrected chi connectivity index (χ0v) is 19.0. The fraction of sp³-hybridized carbons (Fsp3) is 0.955. The molecular weight excluding hydrogens is 348 g/mol. The molecule has 0 aromatic heterocycles. The highest BCUT2D eigenvalue weighted by Gasteiger charge is 2.40. The molecule has 6 nitrogen and oxygen atoms in total. The van der Waals surface area contributed by atoms with E-state index in [4.69, 9.17) is 0 Å². The highest BCUT2D eigenvalue weighted by Crippen LogP contribution is 2.31. The topological polar surface area (TPSA) is 46.1 Å². The summed E-state index contributed by atoms with van der Waals surface area (Å²) in [6, 6.07) is 1.10. The van der Waals surface area contributed by atoms with Gasteiger partial charge in [-0.25, -0.2) is 0 Å². The van der Waals surface area contributed by atoms with Gasteiger partial charge in [0.1, 0.15) is 0 Å². The Labute approximate surface area is 173 Å². The maximum absolute atomic E-state index is 4.58. The highest BCUT2D eigenvalue weighted by atomic mass is 15.3. The summed E-state index contributed by atoms with van der Waals surface area (Å²) in [4.78, 5) is 12.4. The van der Waals surface area contributed by atoms with Gasteiger partial charge in [-0.2, -0.15) is 0 Å². The molecule has 6 heteroatoms. The number of likely N-dealkylation sites (tertiary alicyclic amines) is 3. The summed E-state index contributed by atoms with van der Waals surface area (Å²) in [7, 11) is 4.17. The van der Waals surface area contributed by atoms with E-state index in [1.807, 2.05) is 7.05 Å². The fourth-order valence-corrected chi connectivity index (χ4v) is 5.24. The van der Waals surface area contributed by atoms with Gasteiger partial charge < -0.3 is 15.5 Å². The molecule has 3 heterocycles. The molecule has 2 atom stereocenters. The smallest absolute Gasteiger partial charge is 0.191 e. The summed E-state index contributed by atoms with van der Waals surface area (Å²) in [5, 5.41) is 7.48. The molecule has 0 bridgehead atoms. The number of guanidine groups is 1. The zero-order valence-electron chi connectivity index (χ0n) is 19.0. The largest absolute Gasteiger partial charge is 0.355 e. The lowest BCUT2D eigenvalue weighted by Crippen LogP contribution is -2.62. The second kappa shape index (κ2) is 9.77. The molecule has 0 aromatic carbocycles. The summed E-state index contributed by atoms with van der Waals surface area (Å²) in [6.07, 6.45) is 6.63. The van der Waals surface area contributed by atoms with Crippen LogP contribution in [0, 0.1) is 5.92 Å². The second-order valence-electron chi connectivity index (χ2n) is 9.78. The number of piperidine rings is 2. The predicted octanol–water partition coefficient (Wildman–Crippen LogP) is 1.83. The third-order valence-corrected chi connectivity index (χ3v) is 7.45. The lowest BCUT2D eigenvalue weighted by atomic mass is 9.84. The number of rotatable bonds is 5. The van der Waals surface area contributed by atoms with Crippen molar-refractivity contribution in [1.29, 1.82) is 0 Å². The Morgan fingerprint density at radius 1 is 1.07 bits per heavy atom. The number of hydrogen-bond donors (Lipinski definition) is 2. The van der Waals surface area contributed by atoms with Crippen molar-refractivity contribution >= 4 is 5.96 Å². The van der Waals surface area contributed by atoms with Crippen LogP contribution in [0.25, 0.3) is 0 Å². The molecule has 3 aliphatic rings. The Morgan fingerprint density at radius 2 is 1.75 bits per heavy atom. The maximum atomic E-state index is 4.58. The van der Waals surface area contributed by atoms with Crippen LogP contribution < -0.4 is 10.6 Å². The molecule has 2 unspecified atom stereocenters. The van der Waals surface area contributed by atoms with Crippen molar-refractivity contribution in [3.63, 3.8) is 0 Å². The Hall–Kier alpha value is -0.850. The number of hydrogen-bond acceptors (Lipinski definition) is 4. The summed E-state index contributed by atoms with van der Waals surface area (Å²) in [5.41, 5.74) is 0.288. The normalized spacial score (nSPS) is 30.7. The molecule has 0 spiro atoms. The Kier molecular flexibility index (Phi) is 7.62. The minimum atomic E-state index is 0.288. The van der Waals surface area contributed by atoms with Gasteiger partial charge in [0, 0.05) is 44.3 Å². The monoisotopic (exact) mass is 392 g/mol. The van der Waals surface area contributed by atoms with Crippen molar-refractivity contribution in [1.82, 2.24) is 25.3 Å². The van der Waals surface area contributed by atoms with Crippen molar-refractivity contribution < 1.29 is 0 Å². The van der Waals surface area contributed by atoms with E-state index in [2.05, 4.69) is 58.1 Å². The maximum Gasteiger partial charge on any atom is 0.191 e. The van der Waals surface area contributed by atoms with E-state index in [1.54, 1.807) is 0 Å². The summed E-state index contributed by atoms with van der Waals surface area (Å²) in [5.74, 6) is 1.64. The molecule has 162 valence electrons. The number of nitrogens with one attached hydrogen (secondary N) is 2. The van der Waals surface area contributed by atoms with Gasteiger partial charge in [0.25, 0.3) is 0 Å². The summed E-state index contributed by atoms with van der Waals surface area (Å²) in [6.45, 7) is 15.2. The first-order valence-electron chi connectivity index (χ1n) is 11.6. The third kappa shape index (κ3) is 5.19. The molecule has 28 heavy (non-hydrogen) atoms. The van der Waals surface area contributed by atoms with Gasteiger partial charge in [-0.15, -0.1) is 0 Å². The van der Waals surface area contributed by atoms with Crippen molar-refractivity contribution in [2.45, 2.75) is 70.5 Å². The van der Waals surface area contributed by atoms with E-state index in [-0.39, 0.29) is 5.54 Å². The van der Waals surface area contributed by atoms with Gasteiger partial charge in [0.15, 0.2) is 5.96 Å². The molecule has 0 amide bonds. The average Bonchev–Trinajstić information content (AvgIpc) is 3.08. The van der Waals surface area contributed by atoms with Crippen LogP contribution >= 0.6 is 0 Å². The Bertz CT molecular complexity index is 505. The molecule has 3 aliphatic heterocycles. The average molecular weight is 393 g/mol. The van der Waals surface area contributed by atoms with E-state index in [0.717, 1.165) is 19.0 Å². The Morgan fingerprint density at radius 3 is 2.32 bits per heavy atom. The highest BCUT2D eigenvalue weighted by molar-refractivity contribution is 5.80. The van der Waals surface area contributed by atoms with Crippen molar-refractivity contribution in [2.24, 2.45) is 10.9 Å². The second-order valence-corrected chi connectivity index (χ2v) is 9.78. The van der Waals surface area contributed by atoms with Crippen molar-refractivity contribution in [2.75, 3.05) is 59.9 Å².